The molecule has 0 saturated carbocycles. The average molecular weight is 550 g/mol. The molecular formula is C24H19Cl3N4O3S. The van der Waals surface area contributed by atoms with E-state index in [1.165, 1.54) is 11.8 Å². The van der Waals surface area contributed by atoms with E-state index in [4.69, 9.17) is 39.5 Å². The van der Waals surface area contributed by atoms with Gasteiger partial charge in [-0.1, -0.05) is 64.8 Å². The van der Waals surface area contributed by atoms with Crippen LogP contribution in [-0.4, -0.2) is 26.2 Å². The minimum atomic E-state index is -0.483. The van der Waals surface area contributed by atoms with E-state index in [1.807, 2.05) is 41.8 Å². The number of aryl methyl sites for hydroxylation is 1. The zero-order chi connectivity index (χ0) is 24.9. The van der Waals surface area contributed by atoms with Crippen molar-refractivity contribution >= 4 is 46.6 Å². The second kappa shape index (κ2) is 11.3. The summed E-state index contributed by atoms with van der Waals surface area (Å²) < 4.78 is 7.68. The highest BCUT2D eigenvalue weighted by atomic mass is 35.5. The van der Waals surface area contributed by atoms with Crippen molar-refractivity contribution in [2.45, 2.75) is 23.9 Å². The summed E-state index contributed by atoms with van der Waals surface area (Å²) in [7, 11) is 0. The number of thioether (sulfide) groups is 1. The summed E-state index contributed by atoms with van der Waals surface area (Å²) in [6, 6.07) is 19.8. The van der Waals surface area contributed by atoms with Crippen molar-refractivity contribution in [3.8, 4) is 11.4 Å². The zero-order valence-electron chi connectivity index (χ0n) is 18.4. The number of rotatable bonds is 9. The van der Waals surface area contributed by atoms with Gasteiger partial charge in [-0.2, -0.15) is 0 Å². The maximum absolute atomic E-state index is 11.4. The molecule has 0 saturated heterocycles. The van der Waals surface area contributed by atoms with Gasteiger partial charge in [0.1, 0.15) is 23.4 Å². The molecule has 0 spiro atoms. The highest BCUT2D eigenvalue weighted by molar-refractivity contribution is 7.99. The van der Waals surface area contributed by atoms with Crippen molar-refractivity contribution in [1.82, 2.24) is 14.8 Å². The van der Waals surface area contributed by atoms with E-state index < -0.39 is 5.25 Å². The van der Waals surface area contributed by atoms with Crippen LogP contribution in [0.5, 0.6) is 5.75 Å². The van der Waals surface area contributed by atoms with Crippen molar-refractivity contribution in [1.29, 1.82) is 0 Å². The quantitative estimate of drug-likeness (QED) is 0.124. The summed E-state index contributed by atoms with van der Waals surface area (Å²) in [6.45, 7) is 1.86. The Balaban J connectivity index is 1.52. The number of hydrogen-bond donors (Lipinski definition) is 0. The van der Waals surface area contributed by atoms with E-state index in [0.717, 1.165) is 16.8 Å². The molecule has 0 radical (unpaired) electrons. The number of halogens is 3. The second-order valence-corrected chi connectivity index (χ2v) is 9.99. The summed E-state index contributed by atoms with van der Waals surface area (Å²) in [5, 5.41) is 21.5. The molecule has 0 bridgehead atoms. The molecule has 35 heavy (non-hydrogen) atoms. The van der Waals surface area contributed by atoms with Crippen molar-refractivity contribution < 1.29 is 9.66 Å². The van der Waals surface area contributed by atoms with E-state index in [0.29, 0.717) is 38.4 Å². The molecule has 3 aromatic carbocycles. The predicted molar refractivity (Wildman–Crippen MR) is 139 cm³/mol. The number of benzene rings is 3. The molecule has 11 heteroatoms. The topological polar surface area (TPSA) is 83.1 Å². The molecule has 0 aliphatic carbocycles. The number of nitro groups is 1. The van der Waals surface area contributed by atoms with Crippen molar-refractivity contribution in [2.24, 2.45) is 0 Å². The van der Waals surface area contributed by atoms with Gasteiger partial charge in [0.2, 0.25) is 6.54 Å². The lowest BCUT2D eigenvalue weighted by atomic mass is 10.1. The van der Waals surface area contributed by atoms with Gasteiger partial charge in [0.05, 0.1) is 10.0 Å². The predicted octanol–water partition coefficient (Wildman–Crippen LogP) is 7.23. The van der Waals surface area contributed by atoms with E-state index in [2.05, 4.69) is 10.2 Å². The van der Waals surface area contributed by atoms with Gasteiger partial charge < -0.3 is 4.74 Å². The average Bonchev–Trinajstić information content (AvgIpc) is 3.20. The van der Waals surface area contributed by atoms with E-state index in [1.54, 1.807) is 36.4 Å². The molecule has 0 amide bonds. The van der Waals surface area contributed by atoms with Gasteiger partial charge in [0.15, 0.2) is 5.16 Å². The van der Waals surface area contributed by atoms with Crippen molar-refractivity contribution in [3.63, 3.8) is 0 Å². The maximum Gasteiger partial charge on any atom is 0.220 e. The van der Waals surface area contributed by atoms with E-state index in [-0.39, 0.29) is 11.5 Å². The summed E-state index contributed by atoms with van der Waals surface area (Å²) in [5.74, 6) is 1.30. The van der Waals surface area contributed by atoms with Gasteiger partial charge >= 0.3 is 0 Å². The third-order valence-electron chi connectivity index (χ3n) is 5.08. The zero-order valence-corrected chi connectivity index (χ0v) is 21.5. The number of ether oxygens (including phenoxy) is 1. The molecule has 1 aromatic heterocycles. The lowest BCUT2D eigenvalue weighted by Crippen LogP contribution is -2.11. The molecule has 0 aliphatic rings. The van der Waals surface area contributed by atoms with Crippen LogP contribution in [0.1, 0.15) is 22.2 Å². The van der Waals surface area contributed by atoms with Crippen molar-refractivity contribution in [3.05, 3.63) is 109 Å². The minimum Gasteiger partial charge on any atom is -0.489 e. The minimum absolute atomic E-state index is 0.277. The van der Waals surface area contributed by atoms with Gasteiger partial charge in [-0.3, -0.25) is 14.7 Å². The third-order valence-corrected chi connectivity index (χ3v) is 7.26. The first-order valence-corrected chi connectivity index (χ1v) is 12.4. The molecule has 0 unspecified atom stereocenters. The standard InChI is InChI=1S/C24H19Cl3N4O3S/c1-15-28-29-24(31(15)19-7-5-18(25)6-8-19)35-23(13-30(32)33)17-3-9-20(10-4-17)34-14-16-2-11-21(26)22(27)12-16/h2-12,23H,13-14H2,1H3/t23-/m0/s1. The Morgan fingerprint density at radius 1 is 1.00 bits per heavy atom. The molecule has 1 atom stereocenters. The Morgan fingerprint density at radius 2 is 1.71 bits per heavy atom. The highest BCUT2D eigenvalue weighted by Crippen LogP contribution is 2.36. The number of hydrogen-bond acceptors (Lipinski definition) is 6. The fraction of sp³-hybridized carbons (Fsp3) is 0.167. The van der Waals surface area contributed by atoms with Crippen LogP contribution in [0.25, 0.3) is 5.69 Å². The molecule has 1 heterocycles. The summed E-state index contributed by atoms with van der Waals surface area (Å²) >= 11 is 19.3. The normalized spacial score (nSPS) is 11.9. The van der Waals surface area contributed by atoms with Crippen LogP contribution in [0.15, 0.2) is 71.9 Å². The van der Waals surface area contributed by atoms with Gasteiger partial charge in [-0.25, -0.2) is 0 Å². The van der Waals surface area contributed by atoms with Gasteiger partial charge in [-0.15, -0.1) is 10.2 Å². The maximum atomic E-state index is 11.4. The number of nitrogens with zero attached hydrogens (tertiary/aromatic N) is 4. The first kappa shape index (κ1) is 25.3. The second-order valence-electron chi connectivity index (χ2n) is 7.57. The molecule has 7 nitrogen and oxygen atoms in total. The smallest absolute Gasteiger partial charge is 0.220 e. The van der Waals surface area contributed by atoms with Crippen LogP contribution >= 0.6 is 46.6 Å². The van der Waals surface area contributed by atoms with Gasteiger partial charge in [-0.05, 0) is 66.6 Å². The molecule has 0 aliphatic heterocycles. The van der Waals surface area contributed by atoms with Crippen LogP contribution in [0.2, 0.25) is 15.1 Å². The molecule has 4 rings (SSSR count). The fourth-order valence-electron chi connectivity index (χ4n) is 3.35. The first-order chi connectivity index (χ1) is 16.8. The molecule has 0 fully saturated rings. The van der Waals surface area contributed by atoms with Crippen LogP contribution in [0, 0.1) is 17.0 Å². The van der Waals surface area contributed by atoms with Crippen LogP contribution in [0.4, 0.5) is 0 Å². The highest BCUT2D eigenvalue weighted by Gasteiger charge is 2.24. The summed E-state index contributed by atoms with van der Waals surface area (Å²) in [5.41, 5.74) is 2.48. The summed E-state index contributed by atoms with van der Waals surface area (Å²) in [4.78, 5) is 11.1. The van der Waals surface area contributed by atoms with Gasteiger partial charge in [0, 0.05) is 15.6 Å². The first-order valence-electron chi connectivity index (χ1n) is 10.4. The molecular weight excluding hydrogens is 531 g/mol. The van der Waals surface area contributed by atoms with Crippen LogP contribution in [-0.2, 0) is 6.61 Å². The fourth-order valence-corrected chi connectivity index (χ4v) is 4.98. The molecule has 180 valence electrons. The Hall–Kier alpha value is -2.78. The lowest BCUT2D eigenvalue weighted by molar-refractivity contribution is -0.479. The molecule has 0 N–H and O–H groups in total. The van der Waals surface area contributed by atoms with Gasteiger partial charge in [0.25, 0.3) is 0 Å². The van der Waals surface area contributed by atoms with E-state index in [9.17, 15) is 10.1 Å². The Bertz CT molecular complexity index is 1330. The lowest BCUT2D eigenvalue weighted by Gasteiger charge is -2.15. The Kier molecular flexibility index (Phi) is 8.18. The monoisotopic (exact) mass is 548 g/mol. The Labute approximate surface area is 221 Å². The van der Waals surface area contributed by atoms with Crippen LogP contribution in [0.3, 0.4) is 0 Å². The largest absolute Gasteiger partial charge is 0.489 e. The Morgan fingerprint density at radius 3 is 2.37 bits per heavy atom. The summed E-state index contributed by atoms with van der Waals surface area (Å²) in [6.07, 6.45) is 0. The molecule has 4 aromatic rings. The van der Waals surface area contributed by atoms with Crippen molar-refractivity contribution in [2.75, 3.05) is 6.54 Å². The van der Waals surface area contributed by atoms with E-state index >= 15 is 0 Å². The number of aromatic nitrogens is 3. The van der Waals surface area contributed by atoms with Crippen LogP contribution < -0.4 is 4.74 Å². The SMILES string of the molecule is Cc1nnc(S[C@@H](C[N+](=O)[O-])c2ccc(OCc3ccc(Cl)c(Cl)c3)cc2)n1-c1ccc(Cl)cc1. The third kappa shape index (κ3) is 6.46.